The normalized spacial score (nSPS) is 13.2. The third-order valence-electron chi connectivity index (χ3n) is 5.83. The summed E-state index contributed by atoms with van der Waals surface area (Å²) in [5, 5.41) is 6.61. The Labute approximate surface area is 189 Å². The summed E-state index contributed by atoms with van der Waals surface area (Å²) in [6.45, 7) is 2.80. The second-order valence-corrected chi connectivity index (χ2v) is 8.24. The lowest BCUT2D eigenvalue weighted by molar-refractivity contribution is 0.205. The minimum Gasteiger partial charge on any atom is -0.320 e. The van der Waals surface area contributed by atoms with Crippen molar-refractivity contribution < 1.29 is 4.79 Å². The van der Waals surface area contributed by atoms with Gasteiger partial charge in [-0.3, -0.25) is 9.89 Å². The van der Waals surface area contributed by atoms with Gasteiger partial charge >= 0.3 is 6.03 Å². The molecule has 0 fully saturated rings. The molecule has 2 aromatic carbocycles. The minimum absolute atomic E-state index is 0.201. The van der Waals surface area contributed by atoms with E-state index in [4.69, 9.17) is 11.6 Å². The number of halogens is 1. The van der Waals surface area contributed by atoms with Crippen molar-refractivity contribution in [2.24, 2.45) is 0 Å². The van der Waals surface area contributed by atoms with Gasteiger partial charge in [-0.1, -0.05) is 48.9 Å². The molecule has 5 rings (SSSR count). The van der Waals surface area contributed by atoms with Crippen LogP contribution in [0.3, 0.4) is 0 Å². The van der Waals surface area contributed by atoms with E-state index in [1.807, 2.05) is 48.5 Å². The molecule has 3 heterocycles. The molecule has 1 aliphatic heterocycles. The number of rotatable bonds is 3. The summed E-state index contributed by atoms with van der Waals surface area (Å²) in [4.78, 5) is 32.3. The molecule has 0 saturated carbocycles. The fourth-order valence-corrected chi connectivity index (χ4v) is 4.24. The van der Waals surface area contributed by atoms with Gasteiger partial charge < -0.3 is 10.2 Å². The Kier molecular flexibility index (Phi) is 5.19. The Bertz CT molecular complexity index is 1370. The summed E-state index contributed by atoms with van der Waals surface area (Å²) >= 11 is 6.31. The van der Waals surface area contributed by atoms with Crippen molar-refractivity contribution in [2.45, 2.75) is 26.3 Å². The zero-order chi connectivity index (χ0) is 22.2. The molecule has 0 spiro atoms. The second-order valence-electron chi connectivity index (χ2n) is 7.84. The van der Waals surface area contributed by atoms with Crippen LogP contribution in [0.5, 0.6) is 0 Å². The first kappa shape index (κ1) is 20.3. The number of aromatic nitrogens is 3. The Morgan fingerprint density at radius 2 is 1.97 bits per heavy atom. The summed E-state index contributed by atoms with van der Waals surface area (Å²) in [6.07, 6.45) is 1.47. The van der Waals surface area contributed by atoms with Crippen LogP contribution in [0.1, 0.15) is 23.7 Å². The molecule has 2 aromatic heterocycles. The number of aromatic amines is 1. The van der Waals surface area contributed by atoms with Gasteiger partial charge in [-0.15, -0.1) is 0 Å². The summed E-state index contributed by atoms with van der Waals surface area (Å²) in [6, 6.07) is 16.8. The number of fused-ring (bicyclic) bond motifs is 2. The van der Waals surface area contributed by atoms with Crippen molar-refractivity contribution in [3.63, 3.8) is 0 Å². The molecule has 0 bridgehead atoms. The number of nitrogens with zero attached hydrogens (tertiary/aromatic N) is 3. The van der Waals surface area contributed by atoms with Gasteiger partial charge in [-0.25, -0.2) is 14.3 Å². The molecule has 7 nitrogen and oxygen atoms in total. The van der Waals surface area contributed by atoms with Crippen LogP contribution in [0.4, 0.5) is 10.5 Å². The smallest absolute Gasteiger partial charge is 0.320 e. The van der Waals surface area contributed by atoms with E-state index < -0.39 is 0 Å². The van der Waals surface area contributed by atoms with Crippen molar-refractivity contribution in [3.05, 3.63) is 86.8 Å². The lowest BCUT2D eigenvalue weighted by Gasteiger charge is -2.27. The zero-order valence-electron chi connectivity index (χ0n) is 17.6. The molecule has 0 atom stereocenters. The van der Waals surface area contributed by atoms with Crippen molar-refractivity contribution >= 4 is 29.0 Å². The van der Waals surface area contributed by atoms with Crippen molar-refractivity contribution in [3.8, 4) is 11.3 Å². The molecule has 8 heteroatoms. The standard InChI is InChI=1S/C24H22ClN5O2/c1-2-15-7-9-16(10-8-15)26-24(32)29-12-11-20-18(14-29)23(31)30-22(27-20)13-21(28-30)17-5-3-4-6-19(17)25/h3-10,13,28H,2,11-12,14H2,1H3,(H,26,32). The summed E-state index contributed by atoms with van der Waals surface area (Å²) in [5.41, 5.74) is 5.05. The molecule has 0 radical (unpaired) electrons. The first-order chi connectivity index (χ1) is 15.5. The van der Waals surface area contributed by atoms with E-state index in [0.29, 0.717) is 34.9 Å². The summed E-state index contributed by atoms with van der Waals surface area (Å²) in [7, 11) is 0. The predicted molar refractivity (Wildman–Crippen MR) is 125 cm³/mol. The maximum atomic E-state index is 13.2. The highest BCUT2D eigenvalue weighted by Gasteiger charge is 2.26. The quantitative estimate of drug-likeness (QED) is 0.485. The maximum Gasteiger partial charge on any atom is 0.322 e. The number of anilines is 1. The van der Waals surface area contributed by atoms with E-state index in [1.54, 1.807) is 11.0 Å². The fraction of sp³-hybridized carbons (Fsp3) is 0.208. The number of carbonyl (C=O) groups excluding carboxylic acids is 1. The van der Waals surface area contributed by atoms with Crippen molar-refractivity contribution in [2.75, 3.05) is 11.9 Å². The lowest BCUT2D eigenvalue weighted by atomic mass is 10.1. The first-order valence-electron chi connectivity index (χ1n) is 10.6. The number of amides is 2. The SMILES string of the molecule is CCc1ccc(NC(=O)N2CCc3nc4cc(-c5ccccc5Cl)[nH]n4c(=O)c3C2)cc1. The average Bonchev–Trinajstić information content (AvgIpc) is 3.24. The highest BCUT2D eigenvalue weighted by atomic mass is 35.5. The average molecular weight is 448 g/mol. The van der Waals surface area contributed by atoms with Crippen molar-refractivity contribution in [1.29, 1.82) is 0 Å². The highest BCUT2D eigenvalue weighted by Crippen LogP contribution is 2.27. The molecule has 0 unspecified atom stereocenters. The Hall–Kier alpha value is -3.58. The van der Waals surface area contributed by atoms with Crippen LogP contribution in [0.2, 0.25) is 5.02 Å². The topological polar surface area (TPSA) is 82.5 Å². The van der Waals surface area contributed by atoms with Gasteiger partial charge in [0, 0.05) is 35.3 Å². The number of H-pyrrole nitrogens is 1. The molecule has 4 aromatic rings. The van der Waals surface area contributed by atoms with Crippen LogP contribution in [-0.4, -0.2) is 32.1 Å². The second kappa shape index (κ2) is 8.16. The molecule has 2 amide bonds. The largest absolute Gasteiger partial charge is 0.322 e. The zero-order valence-corrected chi connectivity index (χ0v) is 18.3. The van der Waals surface area contributed by atoms with Crippen LogP contribution in [0, 0.1) is 0 Å². The van der Waals surface area contributed by atoms with E-state index in [-0.39, 0.29) is 18.1 Å². The molecule has 2 N–H and O–H groups in total. The number of urea groups is 1. The number of hydrogen-bond donors (Lipinski definition) is 2. The van der Waals surface area contributed by atoms with Crippen LogP contribution < -0.4 is 10.9 Å². The molecule has 0 saturated heterocycles. The number of benzene rings is 2. The van der Waals surface area contributed by atoms with Gasteiger partial charge in [0.1, 0.15) is 0 Å². The molecule has 162 valence electrons. The Morgan fingerprint density at radius 1 is 1.19 bits per heavy atom. The van der Waals surface area contributed by atoms with Crippen LogP contribution >= 0.6 is 11.6 Å². The summed E-state index contributed by atoms with van der Waals surface area (Å²) in [5.74, 6) is 0. The van der Waals surface area contributed by atoms with Crippen LogP contribution in [-0.2, 0) is 19.4 Å². The summed E-state index contributed by atoms with van der Waals surface area (Å²) < 4.78 is 1.42. The number of nitrogens with one attached hydrogen (secondary N) is 2. The van der Waals surface area contributed by atoms with Gasteiger partial charge in [0.25, 0.3) is 5.56 Å². The Morgan fingerprint density at radius 3 is 2.72 bits per heavy atom. The van der Waals surface area contributed by atoms with Gasteiger partial charge in [0.2, 0.25) is 0 Å². The molecular formula is C24H22ClN5O2. The number of hydrogen-bond acceptors (Lipinski definition) is 3. The number of aryl methyl sites for hydroxylation is 1. The van der Waals surface area contributed by atoms with E-state index in [0.717, 1.165) is 23.4 Å². The minimum atomic E-state index is -0.229. The molecule has 0 aliphatic carbocycles. The van der Waals surface area contributed by atoms with Crippen LogP contribution in [0.15, 0.2) is 59.4 Å². The van der Waals surface area contributed by atoms with E-state index in [1.165, 1.54) is 10.1 Å². The van der Waals surface area contributed by atoms with Gasteiger partial charge in [-0.05, 0) is 30.2 Å². The third kappa shape index (κ3) is 3.65. The first-order valence-corrected chi connectivity index (χ1v) is 10.9. The highest BCUT2D eigenvalue weighted by molar-refractivity contribution is 6.33. The lowest BCUT2D eigenvalue weighted by Crippen LogP contribution is -2.42. The molecule has 1 aliphatic rings. The predicted octanol–water partition coefficient (Wildman–Crippen LogP) is 4.50. The van der Waals surface area contributed by atoms with E-state index >= 15 is 0 Å². The molecule has 32 heavy (non-hydrogen) atoms. The molecular weight excluding hydrogens is 426 g/mol. The van der Waals surface area contributed by atoms with Gasteiger partial charge in [-0.2, -0.15) is 0 Å². The van der Waals surface area contributed by atoms with Gasteiger partial charge in [0.15, 0.2) is 5.65 Å². The monoisotopic (exact) mass is 447 g/mol. The Balaban J connectivity index is 1.42. The fourth-order valence-electron chi connectivity index (χ4n) is 4.00. The van der Waals surface area contributed by atoms with Crippen LogP contribution in [0.25, 0.3) is 16.9 Å². The number of carbonyl (C=O) groups is 1. The van der Waals surface area contributed by atoms with Gasteiger partial charge in [0.05, 0.1) is 23.5 Å². The maximum absolute atomic E-state index is 13.2. The van der Waals surface area contributed by atoms with E-state index in [9.17, 15) is 9.59 Å². The third-order valence-corrected chi connectivity index (χ3v) is 6.16. The van der Waals surface area contributed by atoms with E-state index in [2.05, 4.69) is 22.3 Å². The van der Waals surface area contributed by atoms with Crippen molar-refractivity contribution in [1.82, 2.24) is 19.5 Å².